The monoisotopic (exact) mass is 380 g/mol. The Hall–Kier alpha value is -3.48. The Kier molecular flexibility index (Phi) is 4.89. The Balaban J connectivity index is 1.53. The number of rotatable bonds is 5. The number of aromatic nitrogens is 1. The van der Waals surface area contributed by atoms with Crippen LogP contribution in [0.2, 0.25) is 0 Å². The van der Waals surface area contributed by atoms with E-state index in [0.717, 1.165) is 12.0 Å². The van der Waals surface area contributed by atoms with E-state index in [9.17, 15) is 4.79 Å². The molecule has 7 nitrogen and oxygen atoms in total. The van der Waals surface area contributed by atoms with Crippen molar-refractivity contribution in [1.82, 2.24) is 5.16 Å². The van der Waals surface area contributed by atoms with Crippen LogP contribution in [-0.2, 0) is 6.42 Å². The van der Waals surface area contributed by atoms with Gasteiger partial charge in [-0.3, -0.25) is 10.1 Å². The molecular weight excluding hydrogens is 360 g/mol. The van der Waals surface area contributed by atoms with Gasteiger partial charge in [-0.25, -0.2) is 0 Å². The summed E-state index contributed by atoms with van der Waals surface area (Å²) in [7, 11) is 1.52. The van der Waals surface area contributed by atoms with Gasteiger partial charge in [-0.2, -0.15) is 0 Å². The first-order valence-electron chi connectivity index (χ1n) is 9.03. The average Bonchev–Trinajstić information content (AvgIpc) is 3.21. The molecule has 0 saturated carbocycles. The highest BCUT2D eigenvalue weighted by atomic mass is 16.6. The van der Waals surface area contributed by atoms with Crippen LogP contribution in [0.1, 0.15) is 22.8 Å². The Labute approximate surface area is 162 Å². The van der Waals surface area contributed by atoms with Crippen LogP contribution in [0.25, 0.3) is 11.3 Å². The van der Waals surface area contributed by atoms with E-state index in [1.54, 1.807) is 18.2 Å². The fourth-order valence-corrected chi connectivity index (χ4v) is 2.97. The van der Waals surface area contributed by atoms with E-state index in [4.69, 9.17) is 18.7 Å². The molecule has 0 spiro atoms. The molecule has 2 aromatic carbocycles. The second kappa shape index (κ2) is 7.64. The lowest BCUT2D eigenvalue weighted by Crippen LogP contribution is -2.18. The van der Waals surface area contributed by atoms with Gasteiger partial charge in [0, 0.05) is 17.2 Å². The second-order valence-corrected chi connectivity index (χ2v) is 6.28. The molecule has 0 saturated heterocycles. The highest BCUT2D eigenvalue weighted by molar-refractivity contribution is 6.04. The van der Waals surface area contributed by atoms with Crippen LogP contribution in [0.15, 0.2) is 47.0 Å². The van der Waals surface area contributed by atoms with Crippen molar-refractivity contribution >= 4 is 11.8 Å². The van der Waals surface area contributed by atoms with E-state index in [-0.39, 0.29) is 11.8 Å². The molecule has 1 amide bonds. The summed E-state index contributed by atoms with van der Waals surface area (Å²) in [5.74, 6) is 1.32. The summed E-state index contributed by atoms with van der Waals surface area (Å²) in [5.41, 5.74) is 3.18. The number of nitrogens with one attached hydrogen (secondary N) is 1. The second-order valence-electron chi connectivity index (χ2n) is 6.28. The first-order chi connectivity index (χ1) is 13.7. The van der Waals surface area contributed by atoms with E-state index < -0.39 is 0 Å². The number of carbonyl (C=O) groups is 1. The minimum atomic E-state index is -0.362. The largest absolute Gasteiger partial charge is 0.493 e. The number of hydrogen-bond donors (Lipinski definition) is 1. The number of benzene rings is 2. The summed E-state index contributed by atoms with van der Waals surface area (Å²) in [6, 6.07) is 13.0. The molecule has 2 heterocycles. The molecule has 0 bridgehead atoms. The third-order valence-electron chi connectivity index (χ3n) is 4.50. The number of methoxy groups -OCH3 is 1. The standard InChI is InChI=1S/C21H20N2O5/c1-3-13-4-6-14(7-5-13)16-12-19(28-23-16)22-21(24)15-10-17(25-2)20-18(11-15)26-8-9-27-20/h4-7,10-12H,3,8-9H2,1-2H3,(H,22,24). The molecular formula is C21H20N2O5. The normalized spacial score (nSPS) is 12.5. The number of carbonyl (C=O) groups excluding carboxylic acids is 1. The number of nitrogens with zero attached hydrogens (tertiary/aromatic N) is 1. The molecule has 0 aliphatic carbocycles. The molecule has 7 heteroatoms. The topological polar surface area (TPSA) is 82.8 Å². The zero-order chi connectivity index (χ0) is 19.5. The summed E-state index contributed by atoms with van der Waals surface area (Å²) in [4.78, 5) is 12.6. The maximum absolute atomic E-state index is 12.6. The molecule has 1 aromatic heterocycles. The highest BCUT2D eigenvalue weighted by Gasteiger charge is 2.21. The molecule has 0 atom stereocenters. The quantitative estimate of drug-likeness (QED) is 0.722. The van der Waals surface area contributed by atoms with Gasteiger partial charge in [0.05, 0.1) is 7.11 Å². The van der Waals surface area contributed by atoms with Gasteiger partial charge >= 0.3 is 0 Å². The smallest absolute Gasteiger partial charge is 0.258 e. The zero-order valence-corrected chi connectivity index (χ0v) is 15.7. The molecule has 1 aliphatic heterocycles. The maximum atomic E-state index is 12.6. The lowest BCUT2D eigenvalue weighted by atomic mass is 10.1. The summed E-state index contributed by atoms with van der Waals surface area (Å²) < 4.78 is 21.7. The van der Waals surface area contributed by atoms with E-state index in [1.807, 2.05) is 24.3 Å². The summed E-state index contributed by atoms with van der Waals surface area (Å²) >= 11 is 0. The summed E-state index contributed by atoms with van der Waals surface area (Å²) in [5, 5.41) is 6.74. The van der Waals surface area contributed by atoms with Gasteiger partial charge in [0.2, 0.25) is 11.6 Å². The van der Waals surface area contributed by atoms with Gasteiger partial charge in [-0.1, -0.05) is 36.3 Å². The Morgan fingerprint density at radius 3 is 2.68 bits per heavy atom. The number of fused-ring (bicyclic) bond motifs is 1. The molecule has 1 aliphatic rings. The molecule has 28 heavy (non-hydrogen) atoms. The van der Waals surface area contributed by atoms with Crippen molar-refractivity contribution in [3.8, 4) is 28.5 Å². The SMILES string of the molecule is CCc1ccc(-c2cc(NC(=O)c3cc(OC)c4c(c3)OCCO4)on2)cc1. The van der Waals surface area contributed by atoms with Gasteiger partial charge < -0.3 is 18.7 Å². The van der Waals surface area contributed by atoms with Crippen molar-refractivity contribution in [2.75, 3.05) is 25.6 Å². The lowest BCUT2D eigenvalue weighted by Gasteiger charge is -2.21. The number of ether oxygens (including phenoxy) is 3. The molecule has 0 radical (unpaired) electrons. The van der Waals surface area contributed by atoms with E-state index in [2.05, 4.69) is 17.4 Å². The Bertz CT molecular complexity index is 977. The zero-order valence-electron chi connectivity index (χ0n) is 15.7. The first kappa shape index (κ1) is 17.9. The number of amides is 1. The van der Waals surface area contributed by atoms with Crippen LogP contribution in [0.5, 0.6) is 17.2 Å². The Morgan fingerprint density at radius 2 is 1.93 bits per heavy atom. The number of anilines is 1. The van der Waals surface area contributed by atoms with Gasteiger partial charge in [-0.15, -0.1) is 0 Å². The van der Waals surface area contributed by atoms with Crippen molar-refractivity contribution in [1.29, 1.82) is 0 Å². The van der Waals surface area contributed by atoms with Crippen molar-refractivity contribution in [3.05, 3.63) is 53.6 Å². The molecule has 0 unspecified atom stereocenters. The number of aryl methyl sites for hydroxylation is 1. The van der Waals surface area contributed by atoms with Crippen LogP contribution in [0.3, 0.4) is 0 Å². The lowest BCUT2D eigenvalue weighted by molar-refractivity contribution is 0.102. The van der Waals surface area contributed by atoms with Gasteiger partial charge in [0.1, 0.15) is 18.9 Å². The average molecular weight is 380 g/mol. The molecule has 3 aromatic rings. The summed E-state index contributed by atoms with van der Waals surface area (Å²) in [6.45, 7) is 2.96. The van der Waals surface area contributed by atoms with Gasteiger partial charge in [0.15, 0.2) is 11.5 Å². The third-order valence-corrected chi connectivity index (χ3v) is 4.50. The maximum Gasteiger partial charge on any atom is 0.258 e. The molecule has 144 valence electrons. The van der Waals surface area contributed by atoms with Crippen molar-refractivity contribution < 1.29 is 23.5 Å². The van der Waals surface area contributed by atoms with Gasteiger partial charge in [-0.05, 0) is 24.1 Å². The molecule has 0 fully saturated rings. The predicted octanol–water partition coefficient (Wildman–Crippen LogP) is 3.94. The van der Waals surface area contributed by atoms with E-state index >= 15 is 0 Å². The predicted molar refractivity (Wildman–Crippen MR) is 103 cm³/mol. The minimum absolute atomic E-state index is 0.258. The van der Waals surface area contributed by atoms with Crippen LogP contribution in [0.4, 0.5) is 5.88 Å². The minimum Gasteiger partial charge on any atom is -0.493 e. The van der Waals surface area contributed by atoms with Crippen LogP contribution < -0.4 is 19.5 Å². The van der Waals surface area contributed by atoms with E-state index in [1.165, 1.54) is 12.7 Å². The Morgan fingerprint density at radius 1 is 1.14 bits per heavy atom. The first-order valence-corrected chi connectivity index (χ1v) is 9.03. The molecule has 4 rings (SSSR count). The van der Waals surface area contributed by atoms with Crippen molar-refractivity contribution in [2.24, 2.45) is 0 Å². The summed E-state index contributed by atoms with van der Waals surface area (Å²) in [6.07, 6.45) is 0.972. The van der Waals surface area contributed by atoms with E-state index in [0.29, 0.717) is 41.7 Å². The fraction of sp³-hybridized carbons (Fsp3) is 0.238. The third kappa shape index (κ3) is 3.51. The van der Waals surface area contributed by atoms with Crippen molar-refractivity contribution in [3.63, 3.8) is 0 Å². The van der Waals surface area contributed by atoms with Crippen LogP contribution >= 0.6 is 0 Å². The van der Waals surface area contributed by atoms with Crippen LogP contribution in [-0.4, -0.2) is 31.4 Å². The number of hydrogen-bond acceptors (Lipinski definition) is 6. The molecule has 1 N–H and O–H groups in total. The van der Waals surface area contributed by atoms with Gasteiger partial charge in [0.25, 0.3) is 5.91 Å². The van der Waals surface area contributed by atoms with Crippen molar-refractivity contribution in [2.45, 2.75) is 13.3 Å². The fourth-order valence-electron chi connectivity index (χ4n) is 2.97. The highest BCUT2D eigenvalue weighted by Crippen LogP contribution is 2.40. The van der Waals surface area contributed by atoms with Crippen LogP contribution in [0, 0.1) is 0 Å².